The van der Waals surface area contributed by atoms with Crippen LogP contribution in [0.5, 0.6) is 0 Å². The quantitative estimate of drug-likeness (QED) is 0.0597. The Morgan fingerprint density at radius 3 is 1.47 bits per heavy atom. The number of fused-ring (bicyclic) bond motifs is 9. The maximum atomic E-state index is 15.0. The highest BCUT2D eigenvalue weighted by atomic mass is 32.1. The molecule has 4 aromatic carbocycles. The zero-order chi connectivity index (χ0) is 52.6. The lowest BCUT2D eigenvalue weighted by atomic mass is 9.77. The Hall–Kier alpha value is -10.2. The second kappa shape index (κ2) is 18.1. The number of allylic oxidation sites excluding steroid dienone is 8. The molecule has 0 radical (unpaired) electrons. The molecule has 0 amide bonds. The molecule has 0 N–H and O–H groups in total. The van der Waals surface area contributed by atoms with Gasteiger partial charge in [0.2, 0.25) is 0 Å². The molecule has 2 aromatic heterocycles. The van der Waals surface area contributed by atoms with Crippen molar-refractivity contribution in [3.05, 3.63) is 219 Å². The third-order valence-corrected chi connectivity index (χ3v) is 15.6. The molecular weight excluding hydrogens is 1000 g/mol. The number of thiazole rings is 2. The maximum Gasteiger partial charge on any atom is 0.369 e. The number of ether oxygens (including phenoxy) is 4. The molecule has 0 saturated carbocycles. The lowest BCUT2D eigenvalue weighted by Crippen LogP contribution is -2.51. The number of aromatic nitrogens is 2. The van der Waals surface area contributed by atoms with Crippen molar-refractivity contribution in [2.24, 2.45) is 11.8 Å². The van der Waals surface area contributed by atoms with Gasteiger partial charge in [-0.2, -0.15) is 21.0 Å². The Labute approximate surface area is 437 Å². The molecule has 0 bridgehead atoms. The van der Waals surface area contributed by atoms with Gasteiger partial charge in [-0.15, -0.1) is 22.7 Å². The van der Waals surface area contributed by atoms with Crippen LogP contribution in [0.25, 0.3) is 23.3 Å². The molecule has 76 heavy (non-hydrogen) atoms. The molecule has 4 heterocycles. The smallest absolute Gasteiger partial charge is 0.369 e. The van der Waals surface area contributed by atoms with Crippen LogP contribution in [0.3, 0.4) is 0 Å². The minimum atomic E-state index is -2.71. The number of ketones is 4. The summed E-state index contributed by atoms with van der Waals surface area (Å²) in [7, 11) is 0. The van der Waals surface area contributed by atoms with E-state index in [0.717, 1.165) is 11.3 Å². The normalized spacial score (nSPS) is 17.7. The molecular formula is C58H28N6O10S2. The molecule has 16 nitrogen and oxygen atoms in total. The molecule has 18 heteroatoms. The Balaban J connectivity index is 0.949. The van der Waals surface area contributed by atoms with Crippen molar-refractivity contribution in [3.8, 4) is 24.3 Å². The van der Waals surface area contributed by atoms with Crippen LogP contribution < -0.4 is 0 Å². The van der Waals surface area contributed by atoms with Crippen LogP contribution in [0.4, 0.5) is 0 Å². The average molecular weight is 1030 g/mol. The predicted octanol–water partition coefficient (Wildman–Crippen LogP) is 8.75. The van der Waals surface area contributed by atoms with Gasteiger partial charge < -0.3 is 18.9 Å². The minimum Gasteiger partial charge on any atom is -0.487 e. The average Bonchev–Trinajstić information content (AvgIpc) is 4.27. The third kappa shape index (κ3) is 7.44. The maximum absolute atomic E-state index is 15.0. The van der Waals surface area contributed by atoms with E-state index in [-0.39, 0.29) is 96.8 Å². The van der Waals surface area contributed by atoms with Crippen LogP contribution in [-0.4, -0.2) is 45.0 Å². The number of nitrogens with zero attached hydrogens (tertiary/aromatic N) is 6. The molecule has 362 valence electrons. The SMILES string of the molecule is N#Cc1cc2c(cc1C#N)C(=O)C(=Cc1nc3c(s1)C1=CC4C=C5OC(C(=O)OCc6ccccc6)(C(=O)OCc6ccccc6)c6nc(C=C7C(=O)c8cc(C#N)c(C#N)cc8C7=O)sc6C5=CC4C=C1OC3)C2=O. The molecule has 0 fully saturated rings. The van der Waals surface area contributed by atoms with Gasteiger partial charge in [-0.05, 0) is 59.7 Å². The summed E-state index contributed by atoms with van der Waals surface area (Å²) < 4.78 is 24.8. The van der Waals surface area contributed by atoms with Crippen molar-refractivity contribution in [1.82, 2.24) is 9.97 Å². The number of carbonyl (C=O) groups is 6. The first-order valence-electron chi connectivity index (χ1n) is 23.1. The van der Waals surface area contributed by atoms with Gasteiger partial charge in [0, 0.05) is 45.2 Å². The zero-order valence-electron chi connectivity index (χ0n) is 38.9. The highest BCUT2D eigenvalue weighted by molar-refractivity contribution is 7.14. The van der Waals surface area contributed by atoms with Crippen molar-refractivity contribution in [3.63, 3.8) is 0 Å². The Bertz CT molecular complexity index is 3940. The van der Waals surface area contributed by atoms with Gasteiger partial charge >= 0.3 is 17.5 Å². The summed E-state index contributed by atoms with van der Waals surface area (Å²) in [4.78, 5) is 95.3. The summed E-state index contributed by atoms with van der Waals surface area (Å²) in [6, 6.07) is 30.0. The van der Waals surface area contributed by atoms with Crippen molar-refractivity contribution >= 4 is 81.0 Å². The molecule has 6 aromatic rings. The van der Waals surface area contributed by atoms with E-state index in [4.69, 9.17) is 28.9 Å². The number of carbonyl (C=O) groups excluding carboxylic acids is 6. The Kier molecular flexibility index (Phi) is 11.1. The van der Waals surface area contributed by atoms with Crippen LogP contribution in [-0.2, 0) is 54.0 Å². The van der Waals surface area contributed by atoms with E-state index in [9.17, 15) is 49.8 Å². The molecule has 0 spiro atoms. The number of Topliss-reactive ketones (excluding diaryl/α,β-unsaturated/α-hetero) is 4. The van der Waals surface area contributed by atoms with Crippen LogP contribution in [0.1, 0.15) is 106 Å². The van der Waals surface area contributed by atoms with E-state index in [2.05, 4.69) is 0 Å². The first-order valence-corrected chi connectivity index (χ1v) is 24.8. The monoisotopic (exact) mass is 1030 g/mol. The van der Waals surface area contributed by atoms with E-state index in [1.807, 2.05) is 42.5 Å². The fraction of sp³-hybridized carbons (Fsp3) is 0.103. The van der Waals surface area contributed by atoms with Gasteiger partial charge in [0.1, 0.15) is 71.3 Å². The van der Waals surface area contributed by atoms with Gasteiger partial charge in [0.15, 0.2) is 23.1 Å². The fourth-order valence-corrected chi connectivity index (χ4v) is 11.9. The summed E-state index contributed by atoms with van der Waals surface area (Å²) in [5, 5.41) is 38.8. The summed E-state index contributed by atoms with van der Waals surface area (Å²) in [6.07, 6.45) is 10.1. The largest absolute Gasteiger partial charge is 0.487 e. The van der Waals surface area contributed by atoms with Crippen LogP contribution in [0.2, 0.25) is 0 Å². The standard InChI is InChI=1S/C58H28N6O10S2/c59-21-32-13-36-37(14-33(32)22-60)50(66)42(49(36)65)19-47-63-44-27-71-45-17-30-12-41-46(18-31(30)11-40(45)53(44)75-47)74-58(56(69)72-25-28-7-3-1-4-8-28,57(70)73-26-29-9-5-2-6-10-29)55-54(41)76-48(64-55)20-43-51(67)38-15-34(23-61)35(24-62)16-39(38)52(43)68/h1-20,30-31H,25-27H2. The summed E-state index contributed by atoms with van der Waals surface area (Å²) in [6.45, 7) is -0.487. The van der Waals surface area contributed by atoms with E-state index in [0.29, 0.717) is 43.6 Å². The fourth-order valence-electron chi connectivity index (χ4n) is 9.75. The van der Waals surface area contributed by atoms with Crippen molar-refractivity contribution in [2.45, 2.75) is 25.4 Å². The second-order valence-electron chi connectivity index (χ2n) is 17.9. The summed E-state index contributed by atoms with van der Waals surface area (Å²) in [5.41, 5.74) is -0.856. The number of esters is 2. The lowest BCUT2D eigenvalue weighted by Gasteiger charge is -2.38. The molecule has 2 aliphatic heterocycles. The number of hydrogen-bond acceptors (Lipinski definition) is 18. The van der Waals surface area contributed by atoms with E-state index < -0.39 is 52.5 Å². The van der Waals surface area contributed by atoms with Crippen LogP contribution >= 0.6 is 22.7 Å². The third-order valence-electron chi connectivity index (χ3n) is 13.5. The molecule has 2 atom stereocenters. The minimum absolute atomic E-state index is 0.0203. The van der Waals surface area contributed by atoms with Gasteiger partial charge in [-0.1, -0.05) is 72.8 Å². The van der Waals surface area contributed by atoms with Crippen LogP contribution in [0, 0.1) is 57.2 Å². The topological polar surface area (TPSA) is 260 Å². The van der Waals surface area contributed by atoms with Crippen molar-refractivity contribution in [2.75, 3.05) is 0 Å². The van der Waals surface area contributed by atoms with Gasteiger partial charge in [-0.3, -0.25) is 19.2 Å². The number of hydrogen-bond donors (Lipinski definition) is 0. The first kappa shape index (κ1) is 46.8. The van der Waals surface area contributed by atoms with E-state index in [1.165, 1.54) is 47.8 Å². The molecule has 6 aliphatic rings. The van der Waals surface area contributed by atoms with E-state index >= 15 is 0 Å². The molecule has 4 aliphatic carbocycles. The van der Waals surface area contributed by atoms with Crippen molar-refractivity contribution < 1.29 is 47.7 Å². The second-order valence-corrected chi connectivity index (χ2v) is 20.0. The Morgan fingerprint density at radius 2 is 1.01 bits per heavy atom. The van der Waals surface area contributed by atoms with Crippen molar-refractivity contribution in [1.29, 1.82) is 21.0 Å². The highest BCUT2D eigenvalue weighted by Crippen LogP contribution is 2.53. The van der Waals surface area contributed by atoms with E-state index in [1.54, 1.807) is 66.7 Å². The summed E-state index contributed by atoms with van der Waals surface area (Å²) in [5.74, 6) is -5.22. The van der Waals surface area contributed by atoms with Gasteiger partial charge in [0.25, 0.3) is 0 Å². The van der Waals surface area contributed by atoms with Crippen LogP contribution in [0.15, 0.2) is 132 Å². The number of benzene rings is 4. The number of rotatable bonds is 8. The van der Waals surface area contributed by atoms with Gasteiger partial charge in [0.05, 0.1) is 48.8 Å². The zero-order valence-corrected chi connectivity index (χ0v) is 40.5. The molecule has 2 unspecified atom stereocenters. The molecule has 0 saturated heterocycles. The molecule has 12 rings (SSSR count). The lowest BCUT2D eigenvalue weighted by molar-refractivity contribution is -0.190. The van der Waals surface area contributed by atoms with Gasteiger partial charge in [-0.25, -0.2) is 19.6 Å². The predicted molar refractivity (Wildman–Crippen MR) is 268 cm³/mol. The highest BCUT2D eigenvalue weighted by Gasteiger charge is 2.61. The Morgan fingerprint density at radius 1 is 0.592 bits per heavy atom. The first-order chi connectivity index (χ1) is 36.9. The summed E-state index contributed by atoms with van der Waals surface area (Å²) >= 11 is 2.21. The number of nitriles is 4.